The maximum absolute atomic E-state index is 2.48. The first-order valence-corrected chi connectivity index (χ1v) is 11.0. The van der Waals surface area contributed by atoms with Gasteiger partial charge in [-0.2, -0.15) is 47.0 Å². The SMILES string of the molecule is CN1CCSCCSCCCSCCSCC1. The summed E-state index contributed by atoms with van der Waals surface area (Å²) in [4.78, 5) is 2.48. The van der Waals surface area contributed by atoms with Crippen LogP contribution in [0.1, 0.15) is 6.42 Å². The Labute approximate surface area is 124 Å². The molecule has 1 aliphatic heterocycles. The van der Waals surface area contributed by atoms with E-state index in [2.05, 4.69) is 59.0 Å². The van der Waals surface area contributed by atoms with Crippen molar-refractivity contribution in [3.63, 3.8) is 0 Å². The molecule has 0 aromatic heterocycles. The van der Waals surface area contributed by atoms with E-state index in [0.717, 1.165) is 0 Å². The van der Waals surface area contributed by atoms with Gasteiger partial charge in [0.15, 0.2) is 0 Å². The largest absolute Gasteiger partial charge is 0.305 e. The first-order valence-electron chi connectivity index (χ1n) is 6.39. The Kier molecular flexibility index (Phi) is 12.0. The fourth-order valence-electron chi connectivity index (χ4n) is 1.46. The van der Waals surface area contributed by atoms with E-state index < -0.39 is 0 Å². The molecule has 0 unspecified atom stereocenters. The van der Waals surface area contributed by atoms with E-state index in [1.54, 1.807) is 0 Å². The monoisotopic (exact) mass is 311 g/mol. The Morgan fingerprint density at radius 3 is 1.47 bits per heavy atom. The van der Waals surface area contributed by atoms with Crippen molar-refractivity contribution in [1.29, 1.82) is 0 Å². The Hall–Kier alpha value is 1.36. The van der Waals surface area contributed by atoms with Crippen LogP contribution in [0.4, 0.5) is 0 Å². The molecule has 1 heterocycles. The molecule has 0 aromatic rings. The summed E-state index contributed by atoms with van der Waals surface area (Å²) in [5, 5.41) is 0. The molecule has 1 rings (SSSR count). The maximum atomic E-state index is 2.48. The summed E-state index contributed by atoms with van der Waals surface area (Å²) in [5.74, 6) is 10.7. The van der Waals surface area contributed by atoms with Gasteiger partial charge in [-0.05, 0) is 25.0 Å². The zero-order valence-electron chi connectivity index (χ0n) is 10.9. The minimum Gasteiger partial charge on any atom is -0.305 e. The highest BCUT2D eigenvalue weighted by atomic mass is 32.2. The lowest BCUT2D eigenvalue weighted by molar-refractivity contribution is 0.380. The molecule has 0 aliphatic carbocycles. The molecule has 0 radical (unpaired) electrons. The molecule has 0 atom stereocenters. The Balaban J connectivity index is 2.09. The van der Waals surface area contributed by atoms with Crippen LogP contribution < -0.4 is 0 Å². The van der Waals surface area contributed by atoms with E-state index in [-0.39, 0.29) is 0 Å². The van der Waals surface area contributed by atoms with Crippen LogP contribution in [0.25, 0.3) is 0 Å². The van der Waals surface area contributed by atoms with E-state index >= 15 is 0 Å². The van der Waals surface area contributed by atoms with Crippen LogP contribution in [-0.2, 0) is 0 Å². The van der Waals surface area contributed by atoms with Crippen molar-refractivity contribution in [2.45, 2.75) is 6.42 Å². The first-order chi connectivity index (χ1) is 8.39. The number of rotatable bonds is 0. The predicted octanol–water partition coefficient (Wildman–Crippen LogP) is 3.25. The fourth-order valence-corrected chi connectivity index (χ4v) is 5.92. The second-order valence-electron chi connectivity index (χ2n) is 4.11. The Bertz CT molecular complexity index is 153. The molecule has 102 valence electrons. The fraction of sp³-hybridized carbons (Fsp3) is 1.00. The Morgan fingerprint density at radius 2 is 1.00 bits per heavy atom. The van der Waals surface area contributed by atoms with Crippen molar-refractivity contribution in [2.24, 2.45) is 0 Å². The normalized spacial score (nSPS) is 24.5. The van der Waals surface area contributed by atoms with Gasteiger partial charge in [-0.15, -0.1) is 0 Å². The van der Waals surface area contributed by atoms with Crippen LogP contribution in [0.5, 0.6) is 0 Å². The van der Waals surface area contributed by atoms with Crippen LogP contribution in [-0.4, -0.2) is 71.1 Å². The minimum atomic E-state index is 1.25. The minimum absolute atomic E-state index is 1.25. The molecule has 1 fully saturated rings. The van der Waals surface area contributed by atoms with Gasteiger partial charge in [0, 0.05) is 47.6 Å². The summed E-state index contributed by atoms with van der Waals surface area (Å²) in [6.45, 7) is 2.51. The van der Waals surface area contributed by atoms with Gasteiger partial charge in [0.25, 0.3) is 0 Å². The summed E-state index contributed by atoms with van der Waals surface area (Å²) in [5.41, 5.74) is 0. The molecule has 0 amide bonds. The van der Waals surface area contributed by atoms with Crippen LogP contribution in [0, 0.1) is 0 Å². The van der Waals surface area contributed by atoms with Crippen LogP contribution >= 0.6 is 47.0 Å². The average molecular weight is 312 g/mol. The third kappa shape index (κ3) is 10.9. The first kappa shape index (κ1) is 16.4. The zero-order chi connectivity index (χ0) is 12.2. The van der Waals surface area contributed by atoms with Crippen molar-refractivity contribution < 1.29 is 0 Å². The number of hydrogen-bond donors (Lipinski definition) is 0. The summed E-state index contributed by atoms with van der Waals surface area (Å²) < 4.78 is 0. The summed E-state index contributed by atoms with van der Waals surface area (Å²) in [6.07, 6.45) is 1.40. The summed E-state index contributed by atoms with van der Waals surface area (Å²) in [7, 11) is 2.26. The molecule has 0 saturated carbocycles. The van der Waals surface area contributed by atoms with E-state index in [1.807, 2.05) is 0 Å². The highest BCUT2D eigenvalue weighted by Gasteiger charge is 2.00. The van der Waals surface area contributed by atoms with Crippen molar-refractivity contribution in [1.82, 2.24) is 4.90 Å². The predicted molar refractivity (Wildman–Crippen MR) is 91.4 cm³/mol. The zero-order valence-corrected chi connectivity index (χ0v) is 14.1. The van der Waals surface area contributed by atoms with Crippen molar-refractivity contribution in [2.75, 3.05) is 66.2 Å². The lowest BCUT2D eigenvalue weighted by Gasteiger charge is -2.16. The smallest absolute Gasteiger partial charge is 0.00696 e. The molecule has 1 nitrogen and oxygen atoms in total. The van der Waals surface area contributed by atoms with Gasteiger partial charge in [-0.3, -0.25) is 0 Å². The summed E-state index contributed by atoms with van der Waals surface area (Å²) in [6, 6.07) is 0. The van der Waals surface area contributed by atoms with Crippen molar-refractivity contribution >= 4 is 47.0 Å². The lowest BCUT2D eigenvalue weighted by atomic mass is 10.6. The molecule has 5 heteroatoms. The van der Waals surface area contributed by atoms with E-state index in [9.17, 15) is 0 Å². The second-order valence-corrected chi connectivity index (χ2v) is 9.01. The van der Waals surface area contributed by atoms with Crippen LogP contribution in [0.2, 0.25) is 0 Å². The van der Waals surface area contributed by atoms with Gasteiger partial charge in [-0.1, -0.05) is 0 Å². The topological polar surface area (TPSA) is 3.24 Å². The second kappa shape index (κ2) is 12.4. The van der Waals surface area contributed by atoms with Crippen LogP contribution in [0.15, 0.2) is 0 Å². The van der Waals surface area contributed by atoms with Gasteiger partial charge >= 0.3 is 0 Å². The quantitative estimate of drug-likeness (QED) is 0.673. The van der Waals surface area contributed by atoms with E-state index in [4.69, 9.17) is 0 Å². The Morgan fingerprint density at radius 1 is 0.588 bits per heavy atom. The third-order valence-electron chi connectivity index (χ3n) is 2.56. The van der Waals surface area contributed by atoms with Gasteiger partial charge < -0.3 is 4.90 Å². The van der Waals surface area contributed by atoms with Gasteiger partial charge in [-0.25, -0.2) is 0 Å². The standard InChI is InChI=1S/C12H25NS4/c1-13-3-7-16-11-9-14-5-2-6-15-10-12-17-8-4-13/h2-12H2,1H3. The van der Waals surface area contributed by atoms with Gasteiger partial charge in [0.1, 0.15) is 0 Å². The molecule has 17 heavy (non-hydrogen) atoms. The third-order valence-corrected chi connectivity index (χ3v) is 7.14. The molecule has 0 bridgehead atoms. The number of thioether (sulfide) groups is 4. The van der Waals surface area contributed by atoms with Crippen LogP contribution in [0.3, 0.4) is 0 Å². The highest BCUT2D eigenvalue weighted by molar-refractivity contribution is 8.03. The highest BCUT2D eigenvalue weighted by Crippen LogP contribution is 2.13. The number of nitrogens with zero attached hydrogens (tertiary/aromatic N) is 1. The summed E-state index contributed by atoms with van der Waals surface area (Å²) >= 11 is 8.51. The average Bonchev–Trinajstić information content (AvgIpc) is 2.32. The van der Waals surface area contributed by atoms with Crippen molar-refractivity contribution in [3.05, 3.63) is 0 Å². The van der Waals surface area contributed by atoms with Gasteiger partial charge in [0.2, 0.25) is 0 Å². The molecule has 0 aromatic carbocycles. The van der Waals surface area contributed by atoms with Crippen molar-refractivity contribution in [3.8, 4) is 0 Å². The van der Waals surface area contributed by atoms with E-state index in [0.29, 0.717) is 0 Å². The molecule has 1 aliphatic rings. The maximum Gasteiger partial charge on any atom is 0.00696 e. The lowest BCUT2D eigenvalue weighted by Crippen LogP contribution is -2.24. The van der Waals surface area contributed by atoms with Gasteiger partial charge in [0.05, 0.1) is 0 Å². The molecular formula is C12H25NS4. The molecule has 0 N–H and O–H groups in total. The van der Waals surface area contributed by atoms with E-state index in [1.165, 1.54) is 65.5 Å². The molecular weight excluding hydrogens is 286 g/mol. The number of hydrogen-bond acceptors (Lipinski definition) is 5. The molecule has 1 saturated heterocycles. The molecule has 0 spiro atoms.